The second kappa shape index (κ2) is 9.48. The number of benzene rings is 2. The van der Waals surface area contributed by atoms with Crippen molar-refractivity contribution in [2.24, 2.45) is 0 Å². The molecule has 3 rings (SSSR count). The molecule has 0 aliphatic heterocycles. The SMILES string of the molecule is CCN(c1ccccc1)c1cc(C(=O)NCCCc2ccccc2)ncn1. The molecule has 1 aromatic heterocycles. The molecule has 0 unspecified atom stereocenters. The largest absolute Gasteiger partial charge is 0.351 e. The van der Waals surface area contributed by atoms with E-state index in [1.165, 1.54) is 11.9 Å². The van der Waals surface area contributed by atoms with E-state index in [4.69, 9.17) is 0 Å². The smallest absolute Gasteiger partial charge is 0.270 e. The summed E-state index contributed by atoms with van der Waals surface area (Å²) in [4.78, 5) is 23.0. The van der Waals surface area contributed by atoms with E-state index < -0.39 is 0 Å². The number of carbonyl (C=O) groups is 1. The first-order chi connectivity index (χ1) is 13.3. The van der Waals surface area contributed by atoms with Gasteiger partial charge < -0.3 is 10.2 Å². The minimum absolute atomic E-state index is 0.171. The second-order valence-electron chi connectivity index (χ2n) is 6.19. The molecule has 0 radical (unpaired) electrons. The third-order valence-electron chi connectivity index (χ3n) is 4.32. The van der Waals surface area contributed by atoms with Crippen molar-refractivity contribution in [3.63, 3.8) is 0 Å². The Balaban J connectivity index is 1.60. The van der Waals surface area contributed by atoms with Crippen LogP contribution in [-0.4, -0.2) is 29.0 Å². The fourth-order valence-electron chi connectivity index (χ4n) is 2.93. The van der Waals surface area contributed by atoms with Gasteiger partial charge in [-0.15, -0.1) is 0 Å². The van der Waals surface area contributed by atoms with Crippen molar-refractivity contribution in [2.45, 2.75) is 19.8 Å². The fraction of sp³-hybridized carbons (Fsp3) is 0.227. The summed E-state index contributed by atoms with van der Waals surface area (Å²) in [6.45, 7) is 3.42. The number of hydrogen-bond acceptors (Lipinski definition) is 4. The Bertz CT molecular complexity index is 852. The summed E-state index contributed by atoms with van der Waals surface area (Å²) in [6.07, 6.45) is 3.27. The van der Waals surface area contributed by atoms with Gasteiger partial charge in [0.05, 0.1) is 0 Å². The van der Waals surface area contributed by atoms with Gasteiger partial charge >= 0.3 is 0 Å². The summed E-state index contributed by atoms with van der Waals surface area (Å²) in [7, 11) is 0. The minimum Gasteiger partial charge on any atom is -0.351 e. The highest BCUT2D eigenvalue weighted by molar-refractivity contribution is 5.93. The normalized spacial score (nSPS) is 10.4. The molecule has 0 atom stereocenters. The highest BCUT2D eigenvalue weighted by Crippen LogP contribution is 2.22. The van der Waals surface area contributed by atoms with Crippen LogP contribution in [0.2, 0.25) is 0 Å². The molecular formula is C22H24N4O. The van der Waals surface area contributed by atoms with Gasteiger partial charge in [-0.3, -0.25) is 4.79 Å². The van der Waals surface area contributed by atoms with Crippen molar-refractivity contribution in [3.05, 3.63) is 84.3 Å². The molecule has 0 spiro atoms. The van der Waals surface area contributed by atoms with E-state index in [1.54, 1.807) is 6.07 Å². The molecule has 27 heavy (non-hydrogen) atoms. The van der Waals surface area contributed by atoms with E-state index >= 15 is 0 Å². The Labute approximate surface area is 160 Å². The van der Waals surface area contributed by atoms with Gasteiger partial charge in [-0.25, -0.2) is 9.97 Å². The number of aromatic nitrogens is 2. The Kier molecular flexibility index (Phi) is 6.52. The van der Waals surface area contributed by atoms with Crippen molar-refractivity contribution >= 4 is 17.4 Å². The van der Waals surface area contributed by atoms with Crippen LogP contribution in [0.3, 0.4) is 0 Å². The zero-order valence-electron chi connectivity index (χ0n) is 15.5. The van der Waals surface area contributed by atoms with Gasteiger partial charge in [-0.05, 0) is 37.5 Å². The van der Waals surface area contributed by atoms with Crippen LogP contribution < -0.4 is 10.2 Å². The van der Waals surface area contributed by atoms with E-state index in [-0.39, 0.29) is 5.91 Å². The summed E-state index contributed by atoms with van der Waals surface area (Å²) in [5.41, 5.74) is 2.69. The molecule has 1 heterocycles. The number of para-hydroxylation sites is 1. The predicted octanol–water partition coefficient (Wildman–Crippen LogP) is 4.00. The summed E-state index contributed by atoms with van der Waals surface area (Å²) in [5, 5.41) is 2.95. The number of nitrogens with one attached hydrogen (secondary N) is 1. The molecule has 0 aliphatic rings. The highest BCUT2D eigenvalue weighted by atomic mass is 16.1. The Morgan fingerprint density at radius 3 is 2.41 bits per heavy atom. The van der Waals surface area contributed by atoms with E-state index in [0.29, 0.717) is 18.1 Å². The fourth-order valence-corrected chi connectivity index (χ4v) is 2.93. The van der Waals surface area contributed by atoms with Crippen LogP contribution in [0.1, 0.15) is 29.4 Å². The number of nitrogens with zero attached hydrogens (tertiary/aromatic N) is 3. The van der Waals surface area contributed by atoms with Gasteiger partial charge in [0.2, 0.25) is 0 Å². The molecular weight excluding hydrogens is 336 g/mol. The minimum atomic E-state index is -0.171. The average Bonchev–Trinajstić information content (AvgIpc) is 2.73. The van der Waals surface area contributed by atoms with Gasteiger partial charge in [0.25, 0.3) is 5.91 Å². The van der Waals surface area contributed by atoms with Gasteiger partial charge in [-0.1, -0.05) is 48.5 Å². The van der Waals surface area contributed by atoms with Crippen molar-refractivity contribution in [1.82, 2.24) is 15.3 Å². The van der Waals surface area contributed by atoms with Crippen LogP contribution in [0, 0.1) is 0 Å². The molecule has 1 N–H and O–H groups in total. The lowest BCUT2D eigenvalue weighted by Gasteiger charge is -2.22. The first kappa shape index (κ1) is 18.6. The lowest BCUT2D eigenvalue weighted by molar-refractivity contribution is 0.0948. The van der Waals surface area contributed by atoms with E-state index in [2.05, 4.69) is 34.3 Å². The molecule has 0 saturated heterocycles. The summed E-state index contributed by atoms with van der Waals surface area (Å²) in [6, 6.07) is 22.0. The van der Waals surface area contributed by atoms with Gasteiger partial charge in [0, 0.05) is 24.8 Å². The Morgan fingerprint density at radius 1 is 1.00 bits per heavy atom. The number of rotatable bonds is 8. The third kappa shape index (κ3) is 5.14. The maximum atomic E-state index is 12.4. The lowest BCUT2D eigenvalue weighted by Crippen LogP contribution is -2.26. The molecule has 0 aliphatic carbocycles. The molecule has 2 aromatic carbocycles. The zero-order valence-corrected chi connectivity index (χ0v) is 15.5. The van der Waals surface area contributed by atoms with Gasteiger partial charge in [-0.2, -0.15) is 0 Å². The van der Waals surface area contributed by atoms with Gasteiger partial charge in [0.15, 0.2) is 0 Å². The van der Waals surface area contributed by atoms with Crippen molar-refractivity contribution in [1.29, 1.82) is 0 Å². The zero-order chi connectivity index (χ0) is 18.9. The monoisotopic (exact) mass is 360 g/mol. The number of aryl methyl sites for hydroxylation is 1. The van der Waals surface area contributed by atoms with E-state index in [1.807, 2.05) is 53.4 Å². The number of amides is 1. The van der Waals surface area contributed by atoms with Gasteiger partial charge in [0.1, 0.15) is 17.8 Å². The molecule has 3 aromatic rings. The molecule has 0 saturated carbocycles. The molecule has 5 heteroatoms. The molecule has 5 nitrogen and oxygen atoms in total. The molecule has 0 fully saturated rings. The number of carbonyl (C=O) groups excluding carboxylic acids is 1. The second-order valence-corrected chi connectivity index (χ2v) is 6.19. The van der Waals surface area contributed by atoms with Crippen LogP contribution in [0.15, 0.2) is 73.1 Å². The topological polar surface area (TPSA) is 58.1 Å². The first-order valence-electron chi connectivity index (χ1n) is 9.24. The van der Waals surface area contributed by atoms with E-state index in [0.717, 1.165) is 25.1 Å². The third-order valence-corrected chi connectivity index (χ3v) is 4.32. The van der Waals surface area contributed by atoms with Crippen LogP contribution in [-0.2, 0) is 6.42 Å². The standard InChI is InChI=1S/C22H24N4O/c1-2-26(19-13-7-4-8-14-19)21-16-20(24-17-25-21)22(27)23-15-9-12-18-10-5-3-6-11-18/h3-8,10-11,13-14,16-17H,2,9,12,15H2,1H3,(H,23,27). The molecule has 1 amide bonds. The first-order valence-corrected chi connectivity index (χ1v) is 9.24. The van der Waals surface area contributed by atoms with Crippen LogP contribution in [0.25, 0.3) is 0 Å². The number of anilines is 2. The predicted molar refractivity (Wildman–Crippen MR) is 108 cm³/mol. The van der Waals surface area contributed by atoms with E-state index in [9.17, 15) is 4.79 Å². The Hall–Kier alpha value is -3.21. The van der Waals surface area contributed by atoms with Crippen molar-refractivity contribution in [3.8, 4) is 0 Å². The average molecular weight is 360 g/mol. The Morgan fingerprint density at radius 2 is 1.70 bits per heavy atom. The summed E-state index contributed by atoms with van der Waals surface area (Å²) in [5.74, 6) is 0.545. The maximum absolute atomic E-state index is 12.4. The summed E-state index contributed by atoms with van der Waals surface area (Å²) < 4.78 is 0. The van der Waals surface area contributed by atoms with Crippen molar-refractivity contribution < 1.29 is 4.79 Å². The van der Waals surface area contributed by atoms with Crippen LogP contribution in [0.5, 0.6) is 0 Å². The molecule has 138 valence electrons. The van der Waals surface area contributed by atoms with Crippen LogP contribution in [0.4, 0.5) is 11.5 Å². The maximum Gasteiger partial charge on any atom is 0.270 e. The highest BCUT2D eigenvalue weighted by Gasteiger charge is 2.13. The quantitative estimate of drug-likeness (QED) is 0.617. The molecule has 0 bridgehead atoms. The van der Waals surface area contributed by atoms with Crippen LogP contribution >= 0.6 is 0 Å². The summed E-state index contributed by atoms with van der Waals surface area (Å²) >= 11 is 0. The number of hydrogen-bond donors (Lipinski definition) is 1. The lowest BCUT2D eigenvalue weighted by atomic mass is 10.1. The van der Waals surface area contributed by atoms with Crippen molar-refractivity contribution in [2.75, 3.05) is 18.0 Å².